The molecule has 11 heteroatoms. The van der Waals surface area contributed by atoms with Crippen molar-refractivity contribution in [1.82, 2.24) is 0 Å². The third kappa shape index (κ3) is 3.90. The largest absolute Gasteiger partial charge is 0.495 e. The zero-order valence-electron chi connectivity index (χ0n) is 18.7. The average molecular weight is 507 g/mol. The van der Waals surface area contributed by atoms with Gasteiger partial charge in [0.15, 0.2) is 9.84 Å². The molecule has 1 saturated heterocycles. The van der Waals surface area contributed by atoms with Crippen LogP contribution in [0.15, 0.2) is 41.3 Å². The molecule has 2 aliphatic heterocycles. The molecule has 2 heterocycles. The van der Waals surface area contributed by atoms with E-state index in [1.165, 1.54) is 13.2 Å². The van der Waals surface area contributed by atoms with Crippen LogP contribution in [0.1, 0.15) is 37.7 Å². The average Bonchev–Trinajstić information content (AvgIpc) is 3.07. The van der Waals surface area contributed by atoms with Crippen molar-refractivity contribution in [3.05, 3.63) is 42.0 Å². The highest BCUT2D eigenvalue weighted by Gasteiger charge is 2.52. The monoisotopic (exact) mass is 506 g/mol. The first-order valence-electron chi connectivity index (χ1n) is 11.2. The Labute approximate surface area is 198 Å². The van der Waals surface area contributed by atoms with E-state index in [9.17, 15) is 21.6 Å². The number of hydrogen-bond donors (Lipinski definition) is 2. The summed E-state index contributed by atoms with van der Waals surface area (Å²) in [6, 6.07) is 9.55. The molecule has 1 spiro atoms. The van der Waals surface area contributed by atoms with Crippen molar-refractivity contribution in [2.24, 2.45) is 0 Å². The first-order chi connectivity index (χ1) is 16.1. The lowest BCUT2D eigenvalue weighted by Gasteiger charge is -2.36. The highest BCUT2D eigenvalue weighted by Crippen LogP contribution is 2.54. The van der Waals surface area contributed by atoms with Crippen LogP contribution in [-0.4, -0.2) is 47.5 Å². The highest BCUT2D eigenvalue weighted by molar-refractivity contribution is 7.92. The molecular weight excluding hydrogens is 480 g/mol. The van der Waals surface area contributed by atoms with E-state index >= 15 is 0 Å². The molecule has 3 aliphatic rings. The van der Waals surface area contributed by atoms with Crippen LogP contribution in [0, 0.1) is 0 Å². The summed E-state index contributed by atoms with van der Waals surface area (Å²) < 4.78 is 64.0. The summed E-state index contributed by atoms with van der Waals surface area (Å²) in [4.78, 5) is 12.9. The minimum atomic E-state index is -3.99. The second-order valence-corrected chi connectivity index (χ2v) is 13.0. The summed E-state index contributed by atoms with van der Waals surface area (Å²) in [5.74, 6) is 0.515. The van der Waals surface area contributed by atoms with Gasteiger partial charge in [0.2, 0.25) is 5.91 Å². The van der Waals surface area contributed by atoms with Crippen LogP contribution in [0.25, 0.3) is 0 Å². The van der Waals surface area contributed by atoms with E-state index in [0.29, 0.717) is 42.7 Å². The quantitative estimate of drug-likeness (QED) is 0.617. The number of carbonyl (C=O) groups excluding carboxylic acids is 1. The number of rotatable bonds is 6. The van der Waals surface area contributed by atoms with Gasteiger partial charge < -0.3 is 14.8 Å². The van der Waals surface area contributed by atoms with Crippen molar-refractivity contribution < 1.29 is 31.1 Å². The summed E-state index contributed by atoms with van der Waals surface area (Å²) in [5, 5.41) is 2.93. The second kappa shape index (κ2) is 8.16. The van der Waals surface area contributed by atoms with Gasteiger partial charge in [0, 0.05) is 6.07 Å². The van der Waals surface area contributed by atoms with Crippen molar-refractivity contribution in [1.29, 1.82) is 0 Å². The van der Waals surface area contributed by atoms with Crippen molar-refractivity contribution in [3.63, 3.8) is 0 Å². The second-order valence-electron chi connectivity index (χ2n) is 9.01. The number of hydrogen-bond acceptors (Lipinski definition) is 7. The van der Waals surface area contributed by atoms with Gasteiger partial charge in [0.05, 0.1) is 35.4 Å². The van der Waals surface area contributed by atoms with Gasteiger partial charge in [0.25, 0.3) is 10.0 Å². The van der Waals surface area contributed by atoms with Gasteiger partial charge >= 0.3 is 0 Å². The van der Waals surface area contributed by atoms with Crippen molar-refractivity contribution >= 4 is 37.1 Å². The number of fused-ring (bicyclic) bond motifs is 2. The Morgan fingerprint density at radius 1 is 1.09 bits per heavy atom. The molecule has 0 atom stereocenters. The molecule has 0 aromatic heterocycles. The van der Waals surface area contributed by atoms with Gasteiger partial charge in [-0.2, -0.15) is 0 Å². The number of sulfone groups is 1. The maximum atomic E-state index is 13.2. The van der Waals surface area contributed by atoms with Gasteiger partial charge in [-0.15, -0.1) is 0 Å². The van der Waals surface area contributed by atoms with E-state index in [1.54, 1.807) is 30.3 Å². The lowest BCUT2D eigenvalue weighted by Crippen LogP contribution is -2.40. The summed E-state index contributed by atoms with van der Waals surface area (Å²) in [7, 11) is -5.66. The Kier molecular flexibility index (Phi) is 5.51. The number of benzene rings is 2. The number of para-hydroxylation sites is 1. The van der Waals surface area contributed by atoms with Crippen molar-refractivity contribution in [2.75, 3.05) is 28.7 Å². The molecular formula is C23H26N2O7S2. The van der Waals surface area contributed by atoms with E-state index < -0.39 is 25.3 Å². The van der Waals surface area contributed by atoms with E-state index in [0.717, 1.165) is 6.42 Å². The number of ether oxygens (including phenoxy) is 2. The SMILES string of the molecule is COc1ccccc1S(=O)(=O)Nc1cc(OC2CCS(=O)(=O)CC2)c2c(c1)C1(CCC1)C(=O)N2. The predicted molar refractivity (Wildman–Crippen MR) is 127 cm³/mol. The smallest absolute Gasteiger partial charge is 0.265 e. The van der Waals surface area contributed by atoms with Crippen molar-refractivity contribution in [3.8, 4) is 11.5 Å². The number of sulfonamides is 1. The zero-order chi connectivity index (χ0) is 24.1. The molecule has 2 aromatic rings. The minimum Gasteiger partial charge on any atom is -0.495 e. The van der Waals surface area contributed by atoms with Crippen LogP contribution in [0.4, 0.5) is 11.4 Å². The summed E-state index contributed by atoms with van der Waals surface area (Å²) in [6.45, 7) is 0. The van der Waals surface area contributed by atoms with Crippen LogP contribution in [0.3, 0.4) is 0 Å². The highest BCUT2D eigenvalue weighted by atomic mass is 32.2. The molecule has 34 heavy (non-hydrogen) atoms. The Morgan fingerprint density at radius 3 is 2.44 bits per heavy atom. The van der Waals surface area contributed by atoms with Gasteiger partial charge in [0.1, 0.15) is 22.5 Å². The molecule has 5 rings (SSSR count). The van der Waals surface area contributed by atoms with E-state index in [-0.39, 0.29) is 39.8 Å². The van der Waals surface area contributed by atoms with E-state index in [1.807, 2.05) is 0 Å². The van der Waals surface area contributed by atoms with E-state index in [4.69, 9.17) is 9.47 Å². The number of nitrogens with one attached hydrogen (secondary N) is 2. The van der Waals surface area contributed by atoms with Crippen LogP contribution in [0.5, 0.6) is 11.5 Å². The summed E-state index contributed by atoms with van der Waals surface area (Å²) in [5.41, 5.74) is 0.835. The minimum absolute atomic E-state index is 0.00878. The molecule has 2 N–H and O–H groups in total. The lowest BCUT2D eigenvalue weighted by molar-refractivity contribution is -0.123. The lowest BCUT2D eigenvalue weighted by atomic mass is 9.65. The van der Waals surface area contributed by atoms with Crippen LogP contribution in [0.2, 0.25) is 0 Å². The van der Waals surface area contributed by atoms with Crippen molar-refractivity contribution in [2.45, 2.75) is 48.5 Å². The number of carbonyl (C=O) groups is 1. The van der Waals surface area contributed by atoms with Gasteiger partial charge in [-0.1, -0.05) is 18.6 Å². The van der Waals surface area contributed by atoms with Gasteiger partial charge in [-0.3, -0.25) is 9.52 Å². The standard InChI is InChI=1S/C23H26N2O7S2/c1-31-18-5-2-3-6-20(18)34(29,30)25-15-13-17-21(24-22(26)23(17)9-4-10-23)19(14-15)32-16-7-11-33(27,28)12-8-16/h2-3,5-6,13-14,16,25H,4,7-12H2,1H3,(H,24,26). The number of amides is 1. The van der Waals surface area contributed by atoms with Crippen LogP contribution in [-0.2, 0) is 30.1 Å². The third-order valence-electron chi connectivity index (χ3n) is 6.90. The number of methoxy groups -OCH3 is 1. The molecule has 0 bridgehead atoms. The summed E-state index contributed by atoms with van der Waals surface area (Å²) in [6.07, 6.45) is 2.59. The topological polar surface area (TPSA) is 128 Å². The predicted octanol–water partition coefficient (Wildman–Crippen LogP) is 2.83. The number of anilines is 2. The molecule has 9 nitrogen and oxygen atoms in total. The normalized spacial score (nSPS) is 20.8. The maximum Gasteiger partial charge on any atom is 0.265 e. The fraction of sp³-hybridized carbons (Fsp3) is 0.435. The molecule has 0 radical (unpaired) electrons. The Morgan fingerprint density at radius 2 is 1.79 bits per heavy atom. The maximum absolute atomic E-state index is 13.2. The molecule has 1 saturated carbocycles. The Bertz CT molecular complexity index is 1350. The zero-order valence-corrected chi connectivity index (χ0v) is 20.3. The molecule has 182 valence electrons. The molecule has 0 unspecified atom stereocenters. The van der Waals surface area contributed by atoms with Crippen LogP contribution < -0.4 is 19.5 Å². The Balaban J connectivity index is 1.52. The molecule has 2 fully saturated rings. The van der Waals surface area contributed by atoms with Gasteiger partial charge in [-0.05, 0) is 49.4 Å². The third-order valence-corrected chi connectivity index (χ3v) is 10.0. The summed E-state index contributed by atoms with van der Waals surface area (Å²) >= 11 is 0. The molecule has 1 amide bonds. The van der Waals surface area contributed by atoms with Crippen LogP contribution >= 0.6 is 0 Å². The molecule has 2 aromatic carbocycles. The Hall–Kier alpha value is -2.79. The van der Waals surface area contributed by atoms with E-state index in [2.05, 4.69) is 10.0 Å². The first kappa shape index (κ1) is 23.0. The van der Waals surface area contributed by atoms with Gasteiger partial charge in [-0.25, -0.2) is 16.8 Å². The molecule has 1 aliphatic carbocycles. The fourth-order valence-electron chi connectivity index (χ4n) is 4.87. The fourth-order valence-corrected chi connectivity index (χ4v) is 7.53. The first-order valence-corrected chi connectivity index (χ1v) is 14.5.